The molecule has 0 bridgehead atoms. The lowest BCUT2D eigenvalue weighted by Gasteiger charge is -2.07. The minimum atomic E-state index is -0.824. The van der Waals surface area contributed by atoms with E-state index in [1.165, 1.54) is 6.26 Å². The van der Waals surface area contributed by atoms with Crippen molar-refractivity contribution in [2.24, 2.45) is 0 Å². The van der Waals surface area contributed by atoms with E-state index in [0.29, 0.717) is 11.5 Å². The molecule has 0 aliphatic heterocycles. The van der Waals surface area contributed by atoms with Gasteiger partial charge >= 0.3 is 0 Å². The Kier molecular flexibility index (Phi) is 2.88. The second kappa shape index (κ2) is 4.16. The normalized spacial score (nSPS) is 12.7. The van der Waals surface area contributed by atoms with Crippen LogP contribution in [0.3, 0.4) is 0 Å². The van der Waals surface area contributed by atoms with Gasteiger partial charge in [-0.15, -0.1) is 0 Å². The summed E-state index contributed by atoms with van der Waals surface area (Å²) in [4.78, 5) is 4.14. The first-order chi connectivity index (χ1) is 7.18. The molecule has 78 valence electrons. The molecule has 1 N–H and O–H groups in total. The van der Waals surface area contributed by atoms with E-state index >= 15 is 0 Å². The van der Waals surface area contributed by atoms with E-state index in [4.69, 9.17) is 4.42 Å². The van der Waals surface area contributed by atoms with Crippen LogP contribution in [0.1, 0.15) is 23.1 Å². The van der Waals surface area contributed by atoms with Gasteiger partial charge in [0.05, 0.1) is 16.4 Å². The molecule has 2 aromatic rings. The maximum atomic E-state index is 9.97. The van der Waals surface area contributed by atoms with Gasteiger partial charge in [0.2, 0.25) is 0 Å². The molecule has 0 aliphatic rings. The van der Waals surface area contributed by atoms with Crippen LogP contribution in [-0.4, -0.2) is 10.1 Å². The third-order valence-corrected chi connectivity index (χ3v) is 2.76. The quantitative estimate of drug-likeness (QED) is 0.910. The average Bonchev–Trinajstić information content (AvgIpc) is 2.65. The number of furan rings is 1. The van der Waals surface area contributed by atoms with Gasteiger partial charge in [0, 0.05) is 6.20 Å². The number of hydrogen-bond acceptors (Lipinski definition) is 3. The van der Waals surface area contributed by atoms with Crippen molar-refractivity contribution in [1.29, 1.82) is 0 Å². The minimum absolute atomic E-state index is 0.478. The minimum Gasteiger partial charge on any atom is -0.465 e. The molecule has 0 aromatic carbocycles. The van der Waals surface area contributed by atoms with Gasteiger partial charge in [0.15, 0.2) is 11.9 Å². The topological polar surface area (TPSA) is 46.3 Å². The van der Waals surface area contributed by atoms with Gasteiger partial charge in [0.25, 0.3) is 0 Å². The highest BCUT2D eigenvalue weighted by atomic mass is 79.9. The highest BCUT2D eigenvalue weighted by molar-refractivity contribution is 9.10. The molecular weight excluding hydrogens is 258 g/mol. The van der Waals surface area contributed by atoms with Gasteiger partial charge in [-0.25, -0.2) is 0 Å². The number of rotatable bonds is 2. The Morgan fingerprint density at radius 3 is 2.73 bits per heavy atom. The van der Waals surface area contributed by atoms with Gasteiger partial charge in [-0.05, 0) is 40.5 Å². The Bertz CT molecular complexity index is 450. The van der Waals surface area contributed by atoms with Gasteiger partial charge < -0.3 is 9.52 Å². The number of pyridine rings is 1. The van der Waals surface area contributed by atoms with E-state index in [-0.39, 0.29) is 0 Å². The molecule has 0 radical (unpaired) electrons. The molecule has 0 saturated heterocycles. The third kappa shape index (κ3) is 2.11. The van der Waals surface area contributed by atoms with Crippen molar-refractivity contribution >= 4 is 15.9 Å². The molecule has 0 amide bonds. The second-order valence-corrected chi connectivity index (χ2v) is 4.15. The number of nitrogens with zero attached hydrogens (tertiary/aromatic N) is 1. The molecule has 3 nitrogen and oxygen atoms in total. The fourth-order valence-electron chi connectivity index (χ4n) is 1.28. The number of aliphatic hydroxyl groups is 1. The molecule has 0 aliphatic carbocycles. The van der Waals surface area contributed by atoms with Crippen molar-refractivity contribution in [2.45, 2.75) is 13.0 Å². The fraction of sp³-hybridized carbons (Fsp3) is 0.182. The molecule has 1 unspecified atom stereocenters. The molecular formula is C11H10BrNO2. The van der Waals surface area contributed by atoms with Crippen LogP contribution in [0.2, 0.25) is 0 Å². The summed E-state index contributed by atoms with van der Waals surface area (Å²) in [6, 6.07) is 5.43. The van der Waals surface area contributed by atoms with E-state index in [0.717, 1.165) is 10.0 Å². The lowest BCUT2D eigenvalue weighted by Crippen LogP contribution is -2.01. The third-order valence-electron chi connectivity index (χ3n) is 2.11. The molecule has 4 heteroatoms. The Labute approximate surface area is 95.9 Å². The lowest BCUT2D eigenvalue weighted by molar-refractivity contribution is 0.184. The van der Waals surface area contributed by atoms with E-state index in [2.05, 4.69) is 20.9 Å². The maximum Gasteiger partial charge on any atom is 0.154 e. The predicted molar refractivity (Wildman–Crippen MR) is 59.4 cm³/mol. The van der Waals surface area contributed by atoms with Crippen LogP contribution in [0.4, 0.5) is 0 Å². The maximum absolute atomic E-state index is 9.97. The van der Waals surface area contributed by atoms with Crippen molar-refractivity contribution in [3.8, 4) is 0 Å². The standard InChI is InChI=1S/C11H10BrNO2/c1-7-2-3-9(13-6-7)10(14)11-8(12)4-5-15-11/h2-6,10,14H,1H3. The summed E-state index contributed by atoms with van der Waals surface area (Å²) in [7, 11) is 0. The zero-order chi connectivity index (χ0) is 10.8. The first-order valence-electron chi connectivity index (χ1n) is 4.52. The van der Waals surface area contributed by atoms with Crippen molar-refractivity contribution in [3.05, 3.63) is 52.1 Å². The SMILES string of the molecule is Cc1ccc(C(O)c2occc2Br)nc1. The van der Waals surface area contributed by atoms with Gasteiger partial charge in [-0.2, -0.15) is 0 Å². The van der Waals surface area contributed by atoms with E-state index in [1.54, 1.807) is 18.3 Å². The predicted octanol–water partition coefficient (Wildman–Crippen LogP) is 2.83. The van der Waals surface area contributed by atoms with Crippen molar-refractivity contribution in [1.82, 2.24) is 4.98 Å². The van der Waals surface area contributed by atoms with E-state index < -0.39 is 6.10 Å². The van der Waals surface area contributed by atoms with Gasteiger partial charge in [-0.1, -0.05) is 6.07 Å². The molecule has 1 atom stereocenters. The molecule has 2 aromatic heterocycles. The summed E-state index contributed by atoms with van der Waals surface area (Å²) in [5.74, 6) is 0.478. The smallest absolute Gasteiger partial charge is 0.154 e. The number of hydrogen-bond donors (Lipinski definition) is 1. The van der Waals surface area contributed by atoms with Crippen LogP contribution in [0.5, 0.6) is 0 Å². The summed E-state index contributed by atoms with van der Waals surface area (Å²) in [5, 5.41) is 9.97. The number of aromatic nitrogens is 1. The molecule has 0 saturated carbocycles. The molecule has 2 heterocycles. The first-order valence-corrected chi connectivity index (χ1v) is 5.31. The second-order valence-electron chi connectivity index (χ2n) is 3.30. The number of halogens is 1. The summed E-state index contributed by atoms with van der Waals surface area (Å²) in [6.45, 7) is 1.95. The van der Waals surface area contributed by atoms with E-state index in [9.17, 15) is 5.11 Å². The first kappa shape index (κ1) is 10.4. The van der Waals surface area contributed by atoms with Crippen LogP contribution in [0.25, 0.3) is 0 Å². The van der Waals surface area contributed by atoms with Crippen molar-refractivity contribution < 1.29 is 9.52 Å². The zero-order valence-electron chi connectivity index (χ0n) is 8.14. The van der Waals surface area contributed by atoms with E-state index in [1.807, 2.05) is 13.0 Å². The zero-order valence-corrected chi connectivity index (χ0v) is 9.73. The average molecular weight is 268 g/mol. The fourth-order valence-corrected chi connectivity index (χ4v) is 1.69. The van der Waals surface area contributed by atoms with Crippen LogP contribution < -0.4 is 0 Å². The monoisotopic (exact) mass is 267 g/mol. The summed E-state index contributed by atoms with van der Waals surface area (Å²) >= 11 is 3.30. The lowest BCUT2D eigenvalue weighted by atomic mass is 10.1. The van der Waals surface area contributed by atoms with Crippen LogP contribution in [0.15, 0.2) is 39.5 Å². The number of aliphatic hydroxyl groups excluding tert-OH is 1. The molecule has 2 rings (SSSR count). The molecule has 0 fully saturated rings. The van der Waals surface area contributed by atoms with Crippen LogP contribution >= 0.6 is 15.9 Å². The Morgan fingerprint density at radius 1 is 1.40 bits per heavy atom. The number of aryl methyl sites for hydroxylation is 1. The van der Waals surface area contributed by atoms with Crippen molar-refractivity contribution in [3.63, 3.8) is 0 Å². The van der Waals surface area contributed by atoms with Gasteiger partial charge in [-0.3, -0.25) is 4.98 Å². The Balaban J connectivity index is 2.32. The summed E-state index contributed by atoms with van der Waals surface area (Å²) in [5.41, 5.74) is 1.64. The molecule has 0 spiro atoms. The van der Waals surface area contributed by atoms with Crippen LogP contribution in [0, 0.1) is 6.92 Å². The van der Waals surface area contributed by atoms with Crippen LogP contribution in [-0.2, 0) is 0 Å². The summed E-state index contributed by atoms with van der Waals surface area (Å²) in [6.07, 6.45) is 2.42. The van der Waals surface area contributed by atoms with Gasteiger partial charge in [0.1, 0.15) is 0 Å². The highest BCUT2D eigenvalue weighted by Gasteiger charge is 2.17. The highest BCUT2D eigenvalue weighted by Crippen LogP contribution is 2.28. The summed E-state index contributed by atoms with van der Waals surface area (Å²) < 4.78 is 5.92. The Morgan fingerprint density at radius 2 is 2.20 bits per heavy atom. The Hall–Kier alpha value is -1.13. The van der Waals surface area contributed by atoms with Crippen molar-refractivity contribution in [2.75, 3.05) is 0 Å². The largest absolute Gasteiger partial charge is 0.465 e. The molecule has 15 heavy (non-hydrogen) atoms.